The van der Waals surface area contributed by atoms with Crippen molar-refractivity contribution in [3.8, 4) is 0 Å². The average Bonchev–Trinajstić information content (AvgIpc) is 2.40. The Morgan fingerprint density at radius 3 is 2.44 bits per heavy atom. The van der Waals surface area contributed by atoms with Gasteiger partial charge in [0, 0.05) is 44.5 Å². The van der Waals surface area contributed by atoms with Crippen LogP contribution in [0.1, 0.15) is 19.3 Å². The van der Waals surface area contributed by atoms with Gasteiger partial charge in [0.15, 0.2) is 0 Å². The zero-order chi connectivity index (χ0) is 12.4. The summed E-state index contributed by atoms with van der Waals surface area (Å²) < 4.78 is 0. The van der Waals surface area contributed by atoms with Gasteiger partial charge in [-0.3, -0.25) is 4.90 Å². The first-order valence-electron chi connectivity index (χ1n) is 6.95. The number of pyridine rings is 1. The smallest absolute Gasteiger partial charge is 0.128 e. The SMILES string of the molecule is NCC1(N2CCN(c3ccccn3)CC2)CCC1. The number of hydrogen-bond acceptors (Lipinski definition) is 4. The molecule has 0 unspecified atom stereocenters. The Morgan fingerprint density at radius 1 is 1.17 bits per heavy atom. The van der Waals surface area contributed by atoms with Crippen molar-refractivity contribution in [2.75, 3.05) is 37.6 Å². The Balaban J connectivity index is 1.61. The molecule has 98 valence electrons. The predicted octanol–water partition coefficient (Wildman–Crippen LogP) is 1.08. The van der Waals surface area contributed by atoms with Gasteiger partial charge in [0.2, 0.25) is 0 Å². The van der Waals surface area contributed by atoms with Crippen LogP contribution in [0.3, 0.4) is 0 Å². The third-order valence-electron chi connectivity index (χ3n) is 4.59. The van der Waals surface area contributed by atoms with Crippen LogP contribution in [0.15, 0.2) is 24.4 Å². The van der Waals surface area contributed by atoms with E-state index in [0.29, 0.717) is 5.54 Å². The fraction of sp³-hybridized carbons (Fsp3) is 0.643. The lowest BCUT2D eigenvalue weighted by Gasteiger charge is -2.52. The Labute approximate surface area is 109 Å². The summed E-state index contributed by atoms with van der Waals surface area (Å²) in [6, 6.07) is 6.12. The Hall–Kier alpha value is -1.13. The van der Waals surface area contributed by atoms with Crippen molar-refractivity contribution in [3.63, 3.8) is 0 Å². The molecular weight excluding hydrogens is 224 g/mol. The number of nitrogens with two attached hydrogens (primary N) is 1. The van der Waals surface area contributed by atoms with Gasteiger partial charge in [-0.1, -0.05) is 6.07 Å². The molecule has 2 fully saturated rings. The van der Waals surface area contributed by atoms with Crippen molar-refractivity contribution in [1.29, 1.82) is 0 Å². The highest BCUT2D eigenvalue weighted by molar-refractivity contribution is 5.38. The molecule has 0 aromatic carbocycles. The van der Waals surface area contributed by atoms with Crippen molar-refractivity contribution in [1.82, 2.24) is 9.88 Å². The van der Waals surface area contributed by atoms with Crippen LogP contribution in [0.4, 0.5) is 5.82 Å². The number of anilines is 1. The van der Waals surface area contributed by atoms with Gasteiger partial charge in [0.1, 0.15) is 5.82 Å². The van der Waals surface area contributed by atoms with Crippen LogP contribution >= 0.6 is 0 Å². The molecule has 1 aromatic heterocycles. The molecule has 4 nitrogen and oxygen atoms in total. The van der Waals surface area contributed by atoms with Gasteiger partial charge in [-0.15, -0.1) is 0 Å². The van der Waals surface area contributed by atoms with Gasteiger partial charge in [0.25, 0.3) is 0 Å². The molecule has 2 aliphatic rings. The molecule has 1 saturated carbocycles. The van der Waals surface area contributed by atoms with Crippen LogP contribution in [0.5, 0.6) is 0 Å². The van der Waals surface area contributed by atoms with E-state index in [-0.39, 0.29) is 0 Å². The Bertz CT molecular complexity index is 375. The highest BCUT2D eigenvalue weighted by Gasteiger charge is 2.42. The Kier molecular flexibility index (Phi) is 3.22. The standard InChI is InChI=1S/C14H22N4/c15-12-14(5-3-6-14)18-10-8-17(9-11-18)13-4-1-2-7-16-13/h1-2,4,7H,3,5-6,8-12,15H2. The largest absolute Gasteiger partial charge is 0.354 e. The summed E-state index contributed by atoms with van der Waals surface area (Å²) in [7, 11) is 0. The van der Waals surface area contributed by atoms with Gasteiger partial charge in [-0.05, 0) is 31.4 Å². The lowest BCUT2D eigenvalue weighted by atomic mass is 9.75. The number of piperazine rings is 1. The minimum atomic E-state index is 0.330. The van der Waals surface area contributed by atoms with Crippen molar-refractivity contribution in [2.24, 2.45) is 5.73 Å². The third kappa shape index (κ3) is 1.99. The molecule has 0 spiro atoms. The summed E-state index contributed by atoms with van der Waals surface area (Å²) in [5, 5.41) is 0. The van der Waals surface area contributed by atoms with E-state index in [1.807, 2.05) is 12.3 Å². The minimum absolute atomic E-state index is 0.330. The number of nitrogens with zero attached hydrogens (tertiary/aromatic N) is 3. The van der Waals surface area contributed by atoms with E-state index in [2.05, 4.69) is 26.9 Å². The van der Waals surface area contributed by atoms with Gasteiger partial charge in [0.05, 0.1) is 0 Å². The van der Waals surface area contributed by atoms with Gasteiger partial charge >= 0.3 is 0 Å². The van der Waals surface area contributed by atoms with Gasteiger partial charge in [-0.25, -0.2) is 4.98 Å². The molecule has 1 aliphatic carbocycles. The molecule has 1 aliphatic heterocycles. The number of hydrogen-bond donors (Lipinski definition) is 1. The maximum Gasteiger partial charge on any atom is 0.128 e. The fourth-order valence-corrected chi connectivity index (χ4v) is 3.19. The zero-order valence-corrected chi connectivity index (χ0v) is 10.9. The summed E-state index contributed by atoms with van der Waals surface area (Å²) in [6.07, 6.45) is 5.78. The molecule has 1 saturated heterocycles. The molecule has 18 heavy (non-hydrogen) atoms. The van der Waals surface area contributed by atoms with Crippen LogP contribution in [0.25, 0.3) is 0 Å². The molecule has 0 bridgehead atoms. The zero-order valence-electron chi connectivity index (χ0n) is 10.9. The molecular formula is C14H22N4. The van der Waals surface area contributed by atoms with Crippen molar-refractivity contribution < 1.29 is 0 Å². The lowest BCUT2D eigenvalue weighted by molar-refractivity contribution is 0.0191. The monoisotopic (exact) mass is 246 g/mol. The summed E-state index contributed by atoms with van der Waals surface area (Å²) in [5.74, 6) is 1.10. The van der Waals surface area contributed by atoms with Gasteiger partial charge in [-0.2, -0.15) is 0 Å². The quantitative estimate of drug-likeness (QED) is 0.867. The predicted molar refractivity (Wildman–Crippen MR) is 73.7 cm³/mol. The number of aromatic nitrogens is 1. The first kappa shape index (κ1) is 11.9. The van der Waals surface area contributed by atoms with Crippen LogP contribution in [-0.4, -0.2) is 48.1 Å². The molecule has 4 heteroatoms. The topological polar surface area (TPSA) is 45.4 Å². The Morgan fingerprint density at radius 2 is 1.94 bits per heavy atom. The molecule has 0 radical (unpaired) electrons. The highest BCUT2D eigenvalue weighted by Crippen LogP contribution is 2.37. The van der Waals surface area contributed by atoms with E-state index >= 15 is 0 Å². The van der Waals surface area contributed by atoms with Crippen molar-refractivity contribution in [2.45, 2.75) is 24.8 Å². The maximum absolute atomic E-state index is 5.98. The number of rotatable bonds is 3. The molecule has 0 atom stereocenters. The third-order valence-corrected chi connectivity index (χ3v) is 4.59. The van der Waals surface area contributed by atoms with Crippen LogP contribution in [0, 0.1) is 0 Å². The van der Waals surface area contributed by atoms with Crippen molar-refractivity contribution in [3.05, 3.63) is 24.4 Å². The first-order valence-corrected chi connectivity index (χ1v) is 6.95. The minimum Gasteiger partial charge on any atom is -0.354 e. The highest BCUT2D eigenvalue weighted by atomic mass is 15.3. The van der Waals surface area contributed by atoms with Gasteiger partial charge < -0.3 is 10.6 Å². The summed E-state index contributed by atoms with van der Waals surface area (Å²) in [6.45, 7) is 5.19. The fourth-order valence-electron chi connectivity index (χ4n) is 3.19. The second-order valence-electron chi connectivity index (χ2n) is 5.44. The summed E-state index contributed by atoms with van der Waals surface area (Å²) in [5.41, 5.74) is 6.31. The molecule has 2 N–H and O–H groups in total. The second kappa shape index (κ2) is 4.86. The van der Waals surface area contributed by atoms with Crippen molar-refractivity contribution >= 4 is 5.82 Å². The van der Waals surface area contributed by atoms with Crippen LogP contribution < -0.4 is 10.6 Å². The first-order chi connectivity index (χ1) is 8.84. The van der Waals surface area contributed by atoms with E-state index in [1.165, 1.54) is 19.3 Å². The van der Waals surface area contributed by atoms with Crippen LogP contribution in [0.2, 0.25) is 0 Å². The molecule has 2 heterocycles. The van der Waals surface area contributed by atoms with Crippen LogP contribution in [-0.2, 0) is 0 Å². The lowest BCUT2D eigenvalue weighted by Crippen LogP contribution is -2.63. The molecule has 1 aromatic rings. The summed E-state index contributed by atoms with van der Waals surface area (Å²) in [4.78, 5) is 9.41. The second-order valence-corrected chi connectivity index (χ2v) is 5.44. The molecule has 0 amide bonds. The summed E-state index contributed by atoms with van der Waals surface area (Å²) >= 11 is 0. The molecule has 3 rings (SSSR count). The van der Waals surface area contributed by atoms with E-state index in [0.717, 1.165) is 38.5 Å². The average molecular weight is 246 g/mol. The maximum atomic E-state index is 5.98. The normalized spacial score (nSPS) is 23.7. The van der Waals surface area contributed by atoms with E-state index < -0.39 is 0 Å². The van der Waals surface area contributed by atoms with E-state index in [1.54, 1.807) is 0 Å². The van der Waals surface area contributed by atoms with E-state index in [9.17, 15) is 0 Å². The van der Waals surface area contributed by atoms with E-state index in [4.69, 9.17) is 5.73 Å².